The molecule has 0 aliphatic rings. The van der Waals surface area contributed by atoms with Gasteiger partial charge in [0.25, 0.3) is 0 Å². The van der Waals surface area contributed by atoms with E-state index in [1.165, 1.54) is 24.3 Å². The third-order valence-electron chi connectivity index (χ3n) is 4.28. The molecule has 0 saturated carbocycles. The number of carbonyl (C=O) groups is 1. The van der Waals surface area contributed by atoms with E-state index in [0.717, 1.165) is 17.2 Å². The SMILES string of the molecule is O=C(O)/C=C/c1cccc(-c2cnc(Nc3ccc(F)c(Cl)c3)nc2-n2cccn2)c1. The van der Waals surface area contributed by atoms with Crippen LogP contribution in [0.4, 0.5) is 16.0 Å². The number of halogens is 2. The topological polar surface area (TPSA) is 92.9 Å². The Kier molecular flexibility index (Phi) is 5.72. The molecule has 0 unspecified atom stereocenters. The molecule has 2 N–H and O–H groups in total. The maximum absolute atomic E-state index is 13.4. The quantitative estimate of drug-likeness (QED) is 0.416. The lowest BCUT2D eigenvalue weighted by Gasteiger charge is -2.12. The fourth-order valence-corrected chi connectivity index (χ4v) is 3.07. The maximum Gasteiger partial charge on any atom is 0.328 e. The first-order chi connectivity index (χ1) is 15.0. The van der Waals surface area contributed by atoms with Crippen molar-refractivity contribution < 1.29 is 14.3 Å². The predicted molar refractivity (Wildman–Crippen MR) is 116 cm³/mol. The smallest absolute Gasteiger partial charge is 0.328 e. The number of rotatable bonds is 6. The molecule has 0 fully saturated rings. The van der Waals surface area contributed by atoms with Crippen LogP contribution in [0, 0.1) is 5.82 Å². The number of carboxylic acid groups (broad SMARTS) is 1. The van der Waals surface area contributed by atoms with E-state index >= 15 is 0 Å². The van der Waals surface area contributed by atoms with Gasteiger partial charge in [-0.05, 0) is 47.5 Å². The monoisotopic (exact) mass is 435 g/mol. The van der Waals surface area contributed by atoms with Gasteiger partial charge in [-0.3, -0.25) is 0 Å². The maximum atomic E-state index is 13.4. The van der Waals surface area contributed by atoms with E-state index in [2.05, 4.69) is 20.4 Å². The Morgan fingerprint density at radius 3 is 2.81 bits per heavy atom. The summed E-state index contributed by atoms with van der Waals surface area (Å²) < 4.78 is 15.0. The normalized spacial score (nSPS) is 11.0. The van der Waals surface area contributed by atoms with Gasteiger partial charge < -0.3 is 10.4 Å². The Hall–Kier alpha value is -4.04. The van der Waals surface area contributed by atoms with E-state index in [4.69, 9.17) is 16.7 Å². The van der Waals surface area contributed by atoms with E-state index in [-0.39, 0.29) is 11.0 Å². The third kappa shape index (κ3) is 4.76. The van der Waals surface area contributed by atoms with E-state index in [0.29, 0.717) is 17.1 Å². The Morgan fingerprint density at radius 1 is 1.19 bits per heavy atom. The fourth-order valence-electron chi connectivity index (χ4n) is 2.89. The highest BCUT2D eigenvalue weighted by atomic mass is 35.5. The van der Waals surface area contributed by atoms with E-state index < -0.39 is 11.8 Å². The van der Waals surface area contributed by atoms with Crippen molar-refractivity contribution in [3.05, 3.63) is 89.6 Å². The van der Waals surface area contributed by atoms with Gasteiger partial charge in [0.1, 0.15) is 5.82 Å². The number of nitrogens with one attached hydrogen (secondary N) is 1. The van der Waals surface area contributed by atoms with Gasteiger partial charge in [-0.15, -0.1) is 0 Å². The van der Waals surface area contributed by atoms with Crippen LogP contribution >= 0.6 is 11.6 Å². The molecule has 2 aromatic carbocycles. The molecule has 0 spiro atoms. The van der Waals surface area contributed by atoms with Crippen LogP contribution in [0.3, 0.4) is 0 Å². The molecule has 31 heavy (non-hydrogen) atoms. The Bertz CT molecular complexity index is 1270. The standard InChI is InChI=1S/C22H15ClFN5O2/c23-18-12-16(6-7-19(18)24)27-22-25-13-17(21(28-22)29-10-2-9-26-29)15-4-1-3-14(11-15)5-8-20(30)31/h1-13H,(H,30,31)(H,25,27,28)/b8-5+. The highest BCUT2D eigenvalue weighted by Crippen LogP contribution is 2.28. The Morgan fingerprint density at radius 2 is 2.06 bits per heavy atom. The van der Waals surface area contributed by atoms with Crippen LogP contribution in [-0.4, -0.2) is 30.8 Å². The summed E-state index contributed by atoms with van der Waals surface area (Å²) in [5, 5.41) is 16.1. The first-order valence-electron chi connectivity index (χ1n) is 9.10. The molecular formula is C22H15ClFN5O2. The van der Waals surface area contributed by atoms with Crippen molar-refractivity contribution in [3.8, 4) is 16.9 Å². The lowest BCUT2D eigenvalue weighted by molar-refractivity contribution is -0.131. The molecule has 154 valence electrons. The number of hydrogen-bond donors (Lipinski definition) is 2. The molecule has 0 aliphatic carbocycles. The van der Waals surface area contributed by atoms with Crippen molar-refractivity contribution in [1.29, 1.82) is 0 Å². The second-order valence-corrected chi connectivity index (χ2v) is 6.84. The largest absolute Gasteiger partial charge is 0.478 e. The van der Waals surface area contributed by atoms with Crippen molar-refractivity contribution in [3.63, 3.8) is 0 Å². The van der Waals surface area contributed by atoms with Crippen LogP contribution in [0.15, 0.2) is 73.2 Å². The lowest BCUT2D eigenvalue weighted by Crippen LogP contribution is -2.06. The number of aromatic nitrogens is 4. The number of anilines is 2. The molecule has 0 atom stereocenters. The lowest BCUT2D eigenvalue weighted by atomic mass is 10.0. The minimum absolute atomic E-state index is 0.0137. The zero-order valence-electron chi connectivity index (χ0n) is 15.9. The average Bonchev–Trinajstić information content (AvgIpc) is 3.30. The molecule has 0 bridgehead atoms. The summed E-state index contributed by atoms with van der Waals surface area (Å²) in [5.74, 6) is -0.756. The highest BCUT2D eigenvalue weighted by Gasteiger charge is 2.13. The van der Waals surface area contributed by atoms with Gasteiger partial charge in [0.2, 0.25) is 5.95 Å². The summed E-state index contributed by atoms with van der Waals surface area (Å²) in [6.45, 7) is 0. The van der Waals surface area contributed by atoms with Crippen LogP contribution < -0.4 is 5.32 Å². The molecule has 2 heterocycles. The van der Waals surface area contributed by atoms with Crippen LogP contribution in [-0.2, 0) is 4.79 Å². The average molecular weight is 436 g/mol. The van der Waals surface area contributed by atoms with E-state index in [1.54, 1.807) is 35.4 Å². The van der Waals surface area contributed by atoms with Gasteiger partial charge in [-0.1, -0.05) is 29.8 Å². The predicted octanol–water partition coefficient (Wildman–Crippen LogP) is 4.96. The summed E-state index contributed by atoms with van der Waals surface area (Å²) in [6.07, 6.45) is 7.60. The van der Waals surface area contributed by atoms with Crippen LogP contribution in [0.2, 0.25) is 5.02 Å². The number of benzene rings is 2. The number of aliphatic carboxylic acids is 1. The van der Waals surface area contributed by atoms with Crippen LogP contribution in [0.25, 0.3) is 23.0 Å². The second-order valence-electron chi connectivity index (χ2n) is 6.43. The van der Waals surface area contributed by atoms with Crippen molar-refractivity contribution in [1.82, 2.24) is 19.7 Å². The van der Waals surface area contributed by atoms with Crippen LogP contribution in [0.1, 0.15) is 5.56 Å². The first-order valence-corrected chi connectivity index (χ1v) is 9.48. The molecule has 7 nitrogen and oxygen atoms in total. The van der Waals surface area contributed by atoms with Gasteiger partial charge in [0.05, 0.1) is 5.02 Å². The number of hydrogen-bond acceptors (Lipinski definition) is 5. The minimum Gasteiger partial charge on any atom is -0.478 e. The summed E-state index contributed by atoms with van der Waals surface area (Å²) in [7, 11) is 0. The zero-order chi connectivity index (χ0) is 21.8. The summed E-state index contributed by atoms with van der Waals surface area (Å²) >= 11 is 5.85. The van der Waals surface area contributed by atoms with Gasteiger partial charge in [0, 0.05) is 35.9 Å². The van der Waals surface area contributed by atoms with E-state index in [1.807, 2.05) is 18.2 Å². The molecule has 0 amide bonds. The molecule has 0 saturated heterocycles. The van der Waals surface area contributed by atoms with Gasteiger partial charge >= 0.3 is 5.97 Å². The van der Waals surface area contributed by atoms with Gasteiger partial charge in [-0.25, -0.2) is 18.9 Å². The van der Waals surface area contributed by atoms with E-state index in [9.17, 15) is 9.18 Å². The Labute approximate surface area is 181 Å². The van der Waals surface area contributed by atoms with Gasteiger partial charge in [-0.2, -0.15) is 10.1 Å². The molecule has 4 aromatic rings. The van der Waals surface area contributed by atoms with Crippen molar-refractivity contribution in [2.45, 2.75) is 0 Å². The molecule has 4 rings (SSSR count). The zero-order valence-corrected chi connectivity index (χ0v) is 16.7. The summed E-state index contributed by atoms with van der Waals surface area (Å²) in [6, 6.07) is 13.3. The summed E-state index contributed by atoms with van der Waals surface area (Å²) in [4.78, 5) is 19.7. The molecule has 9 heteroatoms. The first kappa shape index (κ1) is 20.2. The number of carboxylic acids is 1. The van der Waals surface area contributed by atoms with Crippen molar-refractivity contribution >= 4 is 35.3 Å². The Balaban J connectivity index is 1.74. The minimum atomic E-state index is -1.03. The van der Waals surface area contributed by atoms with Crippen molar-refractivity contribution in [2.24, 2.45) is 0 Å². The fraction of sp³-hybridized carbons (Fsp3) is 0. The van der Waals surface area contributed by atoms with Crippen molar-refractivity contribution in [2.75, 3.05) is 5.32 Å². The second kappa shape index (κ2) is 8.76. The molecule has 0 radical (unpaired) electrons. The molecule has 2 aromatic heterocycles. The van der Waals surface area contributed by atoms with Crippen LogP contribution in [0.5, 0.6) is 0 Å². The molecule has 0 aliphatic heterocycles. The third-order valence-corrected chi connectivity index (χ3v) is 4.57. The number of nitrogens with zero attached hydrogens (tertiary/aromatic N) is 4. The molecular weight excluding hydrogens is 421 g/mol. The van der Waals surface area contributed by atoms with Gasteiger partial charge in [0.15, 0.2) is 5.82 Å². The summed E-state index contributed by atoms with van der Waals surface area (Å²) in [5.41, 5.74) is 2.73. The highest BCUT2D eigenvalue weighted by molar-refractivity contribution is 6.31.